The maximum Gasteiger partial charge on any atom is 0.416 e. The first kappa shape index (κ1) is 17.4. The molecule has 0 N–H and O–H groups in total. The second kappa shape index (κ2) is 6.49. The van der Waals surface area contributed by atoms with E-state index in [1.807, 2.05) is 0 Å². The number of aromatic nitrogens is 1. The van der Waals surface area contributed by atoms with Crippen molar-refractivity contribution in [2.24, 2.45) is 0 Å². The number of hydrogen-bond donors (Lipinski definition) is 0. The molecular weight excluding hydrogens is 373 g/mol. The van der Waals surface area contributed by atoms with E-state index in [-0.39, 0.29) is 14.9 Å². The fourth-order valence-corrected chi connectivity index (χ4v) is 3.48. The quantitative estimate of drug-likeness (QED) is 0.344. The predicted molar refractivity (Wildman–Crippen MR) is 92.5 cm³/mol. The van der Waals surface area contributed by atoms with Crippen molar-refractivity contribution in [3.05, 3.63) is 70.0 Å². The molecule has 1 saturated heterocycles. The van der Waals surface area contributed by atoms with Crippen LogP contribution in [0, 0.1) is 5.21 Å². The number of anilines is 1. The number of carbonyl (C=O) groups excluding carboxylic acids is 1. The number of rotatable bonds is 2. The van der Waals surface area contributed by atoms with E-state index in [0.29, 0.717) is 10.3 Å². The molecule has 0 atom stereocenters. The first-order chi connectivity index (χ1) is 11.8. The van der Waals surface area contributed by atoms with E-state index < -0.39 is 17.6 Å². The highest BCUT2D eigenvalue weighted by atomic mass is 32.2. The van der Waals surface area contributed by atoms with Gasteiger partial charge < -0.3 is 5.21 Å². The highest BCUT2D eigenvalue weighted by molar-refractivity contribution is 8.27. The number of halogens is 3. The zero-order valence-electron chi connectivity index (χ0n) is 12.4. The van der Waals surface area contributed by atoms with Crippen LogP contribution < -0.4 is 9.63 Å². The Morgan fingerprint density at radius 1 is 1.20 bits per heavy atom. The minimum Gasteiger partial charge on any atom is -0.619 e. The van der Waals surface area contributed by atoms with E-state index in [1.165, 1.54) is 42.7 Å². The van der Waals surface area contributed by atoms with Crippen molar-refractivity contribution >= 4 is 46.0 Å². The third-order valence-corrected chi connectivity index (χ3v) is 4.65. The van der Waals surface area contributed by atoms with Crippen LogP contribution in [-0.4, -0.2) is 10.2 Å². The molecule has 1 amide bonds. The van der Waals surface area contributed by atoms with Gasteiger partial charge in [-0.3, -0.25) is 9.69 Å². The predicted octanol–water partition coefficient (Wildman–Crippen LogP) is 3.74. The molecule has 0 radical (unpaired) electrons. The van der Waals surface area contributed by atoms with Crippen molar-refractivity contribution in [3.8, 4) is 0 Å². The van der Waals surface area contributed by atoms with Gasteiger partial charge in [-0.1, -0.05) is 30.0 Å². The van der Waals surface area contributed by atoms with Gasteiger partial charge in [-0.15, -0.1) is 0 Å². The molecule has 1 fully saturated rings. The van der Waals surface area contributed by atoms with E-state index >= 15 is 0 Å². The number of amides is 1. The average molecular weight is 382 g/mol. The molecule has 9 heteroatoms. The van der Waals surface area contributed by atoms with Gasteiger partial charge in [0.15, 0.2) is 16.7 Å². The summed E-state index contributed by atoms with van der Waals surface area (Å²) in [6, 6.07) is 7.47. The summed E-state index contributed by atoms with van der Waals surface area (Å²) < 4.78 is 39.3. The summed E-state index contributed by atoms with van der Waals surface area (Å²) >= 11 is 6.13. The molecule has 0 aliphatic carbocycles. The molecule has 0 spiro atoms. The van der Waals surface area contributed by atoms with Crippen molar-refractivity contribution in [2.45, 2.75) is 6.18 Å². The monoisotopic (exact) mass is 382 g/mol. The molecule has 25 heavy (non-hydrogen) atoms. The lowest BCUT2D eigenvalue weighted by atomic mass is 10.2. The molecule has 0 unspecified atom stereocenters. The van der Waals surface area contributed by atoms with Gasteiger partial charge in [0.25, 0.3) is 5.91 Å². The molecule has 1 aliphatic heterocycles. The SMILES string of the molecule is O=C1/C(=C\c2cc[n+]([O-])cc2)SC(=S)N1c1cccc(C(F)(F)F)c1. The van der Waals surface area contributed by atoms with Crippen LogP contribution >= 0.6 is 24.0 Å². The summed E-state index contributed by atoms with van der Waals surface area (Å²) in [6.07, 6.45) is -0.421. The fraction of sp³-hybridized carbons (Fsp3) is 0.0625. The summed E-state index contributed by atoms with van der Waals surface area (Å²) in [6.45, 7) is 0. The van der Waals surface area contributed by atoms with Gasteiger partial charge in [0, 0.05) is 12.1 Å². The number of thiocarbonyl (C=S) groups is 1. The second-order valence-corrected chi connectivity index (χ2v) is 6.73. The number of benzene rings is 1. The highest BCUT2D eigenvalue weighted by Gasteiger charge is 2.36. The maximum absolute atomic E-state index is 12.9. The normalized spacial score (nSPS) is 16.8. The van der Waals surface area contributed by atoms with Gasteiger partial charge >= 0.3 is 6.18 Å². The first-order valence-electron chi connectivity index (χ1n) is 6.90. The van der Waals surface area contributed by atoms with Gasteiger partial charge in [-0.2, -0.15) is 17.9 Å². The third-order valence-electron chi connectivity index (χ3n) is 3.35. The Kier molecular flexibility index (Phi) is 4.53. The van der Waals surface area contributed by atoms with Crippen LogP contribution in [0.4, 0.5) is 18.9 Å². The molecule has 4 nitrogen and oxygen atoms in total. The lowest BCUT2D eigenvalue weighted by Gasteiger charge is -2.16. The second-order valence-electron chi connectivity index (χ2n) is 5.06. The summed E-state index contributed by atoms with van der Waals surface area (Å²) in [5.41, 5.74) is -0.186. The number of pyridine rings is 1. The third kappa shape index (κ3) is 3.67. The summed E-state index contributed by atoms with van der Waals surface area (Å²) in [5.74, 6) is -0.506. The van der Waals surface area contributed by atoms with Crippen LogP contribution in [0.1, 0.15) is 11.1 Å². The van der Waals surface area contributed by atoms with Crippen LogP contribution in [0.2, 0.25) is 0 Å². The van der Waals surface area contributed by atoms with Crippen LogP contribution in [0.5, 0.6) is 0 Å². The van der Waals surface area contributed by atoms with E-state index in [9.17, 15) is 23.2 Å². The van der Waals surface area contributed by atoms with Gasteiger partial charge in [-0.05, 0) is 29.8 Å². The zero-order chi connectivity index (χ0) is 18.2. The van der Waals surface area contributed by atoms with Gasteiger partial charge in [-0.25, -0.2) is 0 Å². The maximum atomic E-state index is 12.9. The molecule has 1 aromatic heterocycles. The van der Waals surface area contributed by atoms with E-state index in [0.717, 1.165) is 28.8 Å². The van der Waals surface area contributed by atoms with E-state index in [4.69, 9.17) is 12.2 Å². The molecule has 3 rings (SSSR count). The lowest BCUT2D eigenvalue weighted by molar-refractivity contribution is -0.605. The smallest absolute Gasteiger partial charge is 0.416 e. The molecule has 2 aromatic rings. The number of nitrogens with zero attached hydrogens (tertiary/aromatic N) is 2. The summed E-state index contributed by atoms with van der Waals surface area (Å²) in [4.78, 5) is 13.9. The van der Waals surface area contributed by atoms with Crippen LogP contribution in [0.3, 0.4) is 0 Å². The minimum absolute atomic E-state index is 0.0613. The Morgan fingerprint density at radius 2 is 1.88 bits per heavy atom. The van der Waals surface area contributed by atoms with E-state index in [1.54, 1.807) is 0 Å². The van der Waals surface area contributed by atoms with Crippen LogP contribution in [0.15, 0.2) is 53.7 Å². The molecule has 1 aromatic carbocycles. The standard InChI is InChI=1S/C16H9F3N2O2S2/c17-16(18,19)11-2-1-3-12(9-11)21-14(22)13(25-15(21)24)8-10-4-6-20(23)7-5-10/h1-9H/b13-8+. The van der Waals surface area contributed by atoms with Gasteiger partial charge in [0.05, 0.1) is 16.2 Å². The topological polar surface area (TPSA) is 47.2 Å². The molecule has 1 aliphatic rings. The Balaban J connectivity index is 1.93. The van der Waals surface area contributed by atoms with Gasteiger partial charge in [0.2, 0.25) is 0 Å². The van der Waals surface area contributed by atoms with Crippen molar-refractivity contribution in [2.75, 3.05) is 4.90 Å². The number of alkyl halides is 3. The largest absolute Gasteiger partial charge is 0.619 e. The van der Waals surface area contributed by atoms with Crippen molar-refractivity contribution in [1.29, 1.82) is 0 Å². The fourth-order valence-electron chi connectivity index (χ4n) is 2.18. The van der Waals surface area contributed by atoms with Crippen molar-refractivity contribution in [1.82, 2.24) is 0 Å². The van der Waals surface area contributed by atoms with Crippen LogP contribution in [-0.2, 0) is 11.0 Å². The molecule has 0 bridgehead atoms. The number of hydrogen-bond acceptors (Lipinski definition) is 4. The van der Waals surface area contributed by atoms with Gasteiger partial charge in [0.1, 0.15) is 0 Å². The lowest BCUT2D eigenvalue weighted by Crippen LogP contribution is -2.27. The Hall–Kier alpha value is -2.39. The minimum atomic E-state index is -4.51. The molecule has 0 saturated carbocycles. The molecule has 128 valence electrons. The Labute approximate surface area is 150 Å². The average Bonchev–Trinajstić information content (AvgIpc) is 2.83. The summed E-state index contributed by atoms with van der Waals surface area (Å²) in [7, 11) is 0. The summed E-state index contributed by atoms with van der Waals surface area (Å²) in [5, 5.41) is 11.0. The van der Waals surface area contributed by atoms with E-state index in [2.05, 4.69) is 0 Å². The Morgan fingerprint density at radius 3 is 2.52 bits per heavy atom. The van der Waals surface area contributed by atoms with Crippen molar-refractivity contribution < 1.29 is 22.7 Å². The van der Waals surface area contributed by atoms with Crippen LogP contribution in [0.25, 0.3) is 6.08 Å². The Bertz CT molecular complexity index is 880. The number of thioether (sulfide) groups is 1. The molecular formula is C16H9F3N2O2S2. The highest BCUT2D eigenvalue weighted by Crippen LogP contribution is 2.38. The number of carbonyl (C=O) groups is 1. The van der Waals surface area contributed by atoms with Crippen molar-refractivity contribution in [3.63, 3.8) is 0 Å². The zero-order valence-corrected chi connectivity index (χ0v) is 14.0. The molecule has 2 heterocycles. The first-order valence-corrected chi connectivity index (χ1v) is 8.12.